The van der Waals surface area contributed by atoms with Gasteiger partial charge in [-0.05, 0) is 44.7 Å². The Balaban J connectivity index is 2.44. The van der Waals surface area contributed by atoms with Crippen molar-refractivity contribution in [3.05, 3.63) is 21.9 Å². The first-order valence-corrected chi connectivity index (χ1v) is 5.14. The van der Waals surface area contributed by atoms with E-state index in [1.807, 2.05) is 11.3 Å². The van der Waals surface area contributed by atoms with E-state index in [9.17, 15) is 0 Å². The molecule has 0 unspecified atom stereocenters. The fourth-order valence-corrected chi connectivity index (χ4v) is 1.67. The smallest absolute Gasteiger partial charge is 0.0218 e. The average Bonchev–Trinajstić information content (AvgIpc) is 2.30. The van der Waals surface area contributed by atoms with Gasteiger partial charge in [0.2, 0.25) is 0 Å². The van der Waals surface area contributed by atoms with Crippen molar-refractivity contribution in [2.45, 2.75) is 39.8 Å². The number of aryl methyl sites for hydroxylation is 1. The van der Waals surface area contributed by atoms with Crippen LogP contribution in [0.3, 0.4) is 0 Å². The number of thiophene rings is 1. The van der Waals surface area contributed by atoms with Crippen molar-refractivity contribution < 1.29 is 0 Å². The van der Waals surface area contributed by atoms with Crippen LogP contribution < -0.4 is 5.32 Å². The Hall–Kier alpha value is -0.340. The molecule has 0 fully saturated rings. The van der Waals surface area contributed by atoms with Crippen LogP contribution in [-0.2, 0) is 6.54 Å². The van der Waals surface area contributed by atoms with Crippen molar-refractivity contribution in [1.82, 2.24) is 5.32 Å². The van der Waals surface area contributed by atoms with Gasteiger partial charge in [-0.3, -0.25) is 0 Å². The molecule has 1 rings (SSSR count). The SMILES string of the molecule is Cc1cc(CNC(C)(C)C)cs1. The highest BCUT2D eigenvalue weighted by Gasteiger charge is 2.08. The van der Waals surface area contributed by atoms with Crippen molar-refractivity contribution >= 4 is 11.3 Å². The van der Waals surface area contributed by atoms with Crippen molar-refractivity contribution in [3.63, 3.8) is 0 Å². The van der Waals surface area contributed by atoms with E-state index >= 15 is 0 Å². The highest BCUT2D eigenvalue weighted by molar-refractivity contribution is 7.10. The molecule has 12 heavy (non-hydrogen) atoms. The quantitative estimate of drug-likeness (QED) is 0.743. The number of rotatable bonds is 2. The lowest BCUT2D eigenvalue weighted by molar-refractivity contribution is 0.424. The molecule has 0 aliphatic heterocycles. The Morgan fingerprint density at radius 2 is 2.08 bits per heavy atom. The van der Waals surface area contributed by atoms with Crippen molar-refractivity contribution in [3.8, 4) is 0 Å². The van der Waals surface area contributed by atoms with E-state index in [4.69, 9.17) is 0 Å². The lowest BCUT2D eigenvalue weighted by Crippen LogP contribution is -2.34. The van der Waals surface area contributed by atoms with Gasteiger partial charge < -0.3 is 5.32 Å². The Kier molecular flexibility index (Phi) is 2.91. The molecule has 0 radical (unpaired) electrons. The van der Waals surface area contributed by atoms with Gasteiger partial charge in [-0.1, -0.05) is 0 Å². The maximum atomic E-state index is 3.46. The molecule has 0 aliphatic rings. The second-order valence-electron chi connectivity index (χ2n) is 4.17. The number of hydrogen-bond acceptors (Lipinski definition) is 2. The molecular weight excluding hydrogens is 166 g/mol. The summed E-state index contributed by atoms with van der Waals surface area (Å²) in [4.78, 5) is 1.39. The van der Waals surface area contributed by atoms with Crippen LogP contribution in [0.1, 0.15) is 31.2 Å². The van der Waals surface area contributed by atoms with Gasteiger partial charge in [-0.2, -0.15) is 0 Å². The molecule has 1 N–H and O–H groups in total. The van der Waals surface area contributed by atoms with E-state index in [1.165, 1.54) is 10.4 Å². The van der Waals surface area contributed by atoms with E-state index in [2.05, 4.69) is 44.5 Å². The largest absolute Gasteiger partial charge is 0.308 e. The molecule has 1 heterocycles. The van der Waals surface area contributed by atoms with Crippen LogP contribution in [0.25, 0.3) is 0 Å². The molecule has 1 nitrogen and oxygen atoms in total. The molecule has 0 aliphatic carbocycles. The molecule has 2 heteroatoms. The van der Waals surface area contributed by atoms with Gasteiger partial charge in [0.25, 0.3) is 0 Å². The van der Waals surface area contributed by atoms with E-state index in [0.29, 0.717) is 0 Å². The van der Waals surface area contributed by atoms with Crippen LogP contribution in [0.2, 0.25) is 0 Å². The molecule has 0 amide bonds. The average molecular weight is 183 g/mol. The lowest BCUT2D eigenvalue weighted by Gasteiger charge is -2.19. The molecule has 0 aromatic carbocycles. The zero-order valence-corrected chi connectivity index (χ0v) is 9.09. The Labute approximate surface area is 78.8 Å². The molecular formula is C10H17NS. The highest BCUT2D eigenvalue weighted by Crippen LogP contribution is 2.13. The molecule has 68 valence electrons. The maximum absolute atomic E-state index is 3.46. The summed E-state index contributed by atoms with van der Waals surface area (Å²) >= 11 is 1.81. The van der Waals surface area contributed by atoms with Crippen LogP contribution in [0.4, 0.5) is 0 Å². The standard InChI is InChI=1S/C10H17NS/c1-8-5-9(7-12-8)6-11-10(2,3)4/h5,7,11H,6H2,1-4H3. The van der Waals surface area contributed by atoms with Crippen molar-refractivity contribution in [1.29, 1.82) is 0 Å². The highest BCUT2D eigenvalue weighted by atomic mass is 32.1. The van der Waals surface area contributed by atoms with Crippen LogP contribution >= 0.6 is 11.3 Å². The minimum atomic E-state index is 0.218. The van der Waals surface area contributed by atoms with Crippen molar-refractivity contribution in [2.24, 2.45) is 0 Å². The third kappa shape index (κ3) is 3.37. The predicted octanol–water partition coefficient (Wildman–Crippen LogP) is 2.94. The normalized spacial score (nSPS) is 12.0. The van der Waals surface area contributed by atoms with Crippen molar-refractivity contribution in [2.75, 3.05) is 0 Å². The summed E-state index contributed by atoms with van der Waals surface area (Å²) in [6.45, 7) is 9.68. The molecule has 1 aromatic rings. The molecule has 0 bridgehead atoms. The van der Waals surface area contributed by atoms with E-state index in [-0.39, 0.29) is 5.54 Å². The van der Waals surface area contributed by atoms with Gasteiger partial charge in [0.05, 0.1) is 0 Å². The number of hydrogen-bond donors (Lipinski definition) is 1. The summed E-state index contributed by atoms with van der Waals surface area (Å²) in [5, 5.41) is 5.67. The first-order chi connectivity index (χ1) is 5.47. The summed E-state index contributed by atoms with van der Waals surface area (Å²) in [5.74, 6) is 0. The van der Waals surface area contributed by atoms with E-state index in [0.717, 1.165) is 6.54 Å². The summed E-state index contributed by atoms with van der Waals surface area (Å²) < 4.78 is 0. The summed E-state index contributed by atoms with van der Waals surface area (Å²) in [7, 11) is 0. The van der Waals surface area contributed by atoms with E-state index < -0.39 is 0 Å². The third-order valence-electron chi connectivity index (χ3n) is 1.61. The summed E-state index contributed by atoms with van der Waals surface area (Å²) in [6, 6.07) is 2.24. The van der Waals surface area contributed by atoms with Crippen LogP contribution in [-0.4, -0.2) is 5.54 Å². The Bertz CT molecular complexity index is 245. The van der Waals surface area contributed by atoms with Crippen LogP contribution in [0, 0.1) is 6.92 Å². The topological polar surface area (TPSA) is 12.0 Å². The zero-order valence-electron chi connectivity index (χ0n) is 8.27. The number of nitrogens with one attached hydrogen (secondary N) is 1. The van der Waals surface area contributed by atoms with Gasteiger partial charge >= 0.3 is 0 Å². The molecule has 0 spiro atoms. The van der Waals surface area contributed by atoms with Gasteiger partial charge in [0, 0.05) is 17.0 Å². The molecule has 0 saturated carbocycles. The lowest BCUT2D eigenvalue weighted by atomic mass is 10.1. The fraction of sp³-hybridized carbons (Fsp3) is 0.600. The second-order valence-corrected chi connectivity index (χ2v) is 5.28. The molecule has 1 aromatic heterocycles. The van der Waals surface area contributed by atoms with Gasteiger partial charge in [-0.15, -0.1) is 11.3 Å². The molecule has 0 atom stereocenters. The first kappa shape index (κ1) is 9.75. The Morgan fingerprint density at radius 3 is 2.50 bits per heavy atom. The summed E-state index contributed by atoms with van der Waals surface area (Å²) in [5.41, 5.74) is 1.61. The zero-order chi connectivity index (χ0) is 9.19. The third-order valence-corrected chi connectivity index (χ3v) is 2.52. The summed E-state index contributed by atoms with van der Waals surface area (Å²) in [6.07, 6.45) is 0. The minimum absolute atomic E-state index is 0.218. The fourth-order valence-electron chi connectivity index (χ4n) is 0.958. The van der Waals surface area contributed by atoms with Crippen LogP contribution in [0.5, 0.6) is 0 Å². The second kappa shape index (κ2) is 3.58. The first-order valence-electron chi connectivity index (χ1n) is 4.26. The van der Waals surface area contributed by atoms with E-state index in [1.54, 1.807) is 0 Å². The Morgan fingerprint density at radius 1 is 1.42 bits per heavy atom. The van der Waals surface area contributed by atoms with Gasteiger partial charge in [0.15, 0.2) is 0 Å². The predicted molar refractivity (Wildman–Crippen MR) is 55.6 cm³/mol. The van der Waals surface area contributed by atoms with Crippen LogP contribution in [0.15, 0.2) is 11.4 Å². The maximum Gasteiger partial charge on any atom is 0.0218 e. The molecule has 0 saturated heterocycles. The van der Waals surface area contributed by atoms with Gasteiger partial charge in [-0.25, -0.2) is 0 Å². The van der Waals surface area contributed by atoms with Gasteiger partial charge in [0.1, 0.15) is 0 Å². The minimum Gasteiger partial charge on any atom is -0.308 e. The monoisotopic (exact) mass is 183 g/mol.